The normalized spacial score (nSPS) is 11.8. The van der Waals surface area contributed by atoms with Crippen LogP contribution in [0.2, 0.25) is 0 Å². The second kappa shape index (κ2) is 6.93. The molecule has 1 amide bonds. The molecule has 2 aromatic rings. The molecule has 1 atom stereocenters. The SMILES string of the molecule is CCc1ccccc1O[C@H](C)C(=O)Nc1cccc(C)c1. The van der Waals surface area contributed by atoms with Gasteiger partial charge in [-0.15, -0.1) is 0 Å². The first-order valence-corrected chi connectivity index (χ1v) is 7.22. The van der Waals surface area contributed by atoms with E-state index in [1.54, 1.807) is 6.92 Å². The fraction of sp³-hybridized carbons (Fsp3) is 0.278. The first-order chi connectivity index (χ1) is 10.1. The highest BCUT2D eigenvalue weighted by molar-refractivity contribution is 5.94. The van der Waals surface area contributed by atoms with Crippen molar-refractivity contribution in [2.75, 3.05) is 5.32 Å². The van der Waals surface area contributed by atoms with Gasteiger partial charge in [0, 0.05) is 5.69 Å². The quantitative estimate of drug-likeness (QED) is 0.902. The van der Waals surface area contributed by atoms with Crippen LogP contribution in [0.15, 0.2) is 48.5 Å². The van der Waals surface area contributed by atoms with E-state index in [9.17, 15) is 4.79 Å². The Bertz CT molecular complexity index is 622. The monoisotopic (exact) mass is 283 g/mol. The molecule has 0 aliphatic carbocycles. The van der Waals surface area contributed by atoms with Crippen molar-refractivity contribution < 1.29 is 9.53 Å². The molecule has 110 valence electrons. The molecule has 21 heavy (non-hydrogen) atoms. The fourth-order valence-electron chi connectivity index (χ4n) is 2.12. The van der Waals surface area contributed by atoms with E-state index in [0.29, 0.717) is 0 Å². The molecular formula is C18H21NO2. The van der Waals surface area contributed by atoms with Gasteiger partial charge in [0.05, 0.1) is 0 Å². The van der Waals surface area contributed by atoms with Gasteiger partial charge in [-0.3, -0.25) is 4.79 Å². The van der Waals surface area contributed by atoms with Crippen LogP contribution in [0.3, 0.4) is 0 Å². The lowest BCUT2D eigenvalue weighted by Gasteiger charge is -2.17. The minimum atomic E-state index is -0.543. The highest BCUT2D eigenvalue weighted by Crippen LogP contribution is 2.20. The molecule has 0 aliphatic rings. The van der Waals surface area contributed by atoms with Crippen LogP contribution in [0.1, 0.15) is 25.0 Å². The number of hydrogen-bond donors (Lipinski definition) is 1. The number of amides is 1. The minimum absolute atomic E-state index is 0.147. The molecule has 0 saturated carbocycles. The molecule has 1 N–H and O–H groups in total. The van der Waals surface area contributed by atoms with Crippen molar-refractivity contribution >= 4 is 11.6 Å². The lowest BCUT2D eigenvalue weighted by molar-refractivity contribution is -0.122. The second-order valence-corrected chi connectivity index (χ2v) is 5.08. The number of hydrogen-bond acceptors (Lipinski definition) is 2. The van der Waals surface area contributed by atoms with Crippen molar-refractivity contribution in [3.63, 3.8) is 0 Å². The predicted octanol–water partition coefficient (Wildman–Crippen LogP) is 3.96. The molecule has 0 fully saturated rings. The number of aryl methyl sites for hydroxylation is 2. The molecular weight excluding hydrogens is 262 g/mol. The number of rotatable bonds is 5. The number of ether oxygens (including phenoxy) is 1. The summed E-state index contributed by atoms with van der Waals surface area (Å²) in [4.78, 5) is 12.2. The molecule has 0 aliphatic heterocycles. The summed E-state index contributed by atoms with van der Waals surface area (Å²) < 4.78 is 5.79. The Morgan fingerprint density at radius 3 is 2.67 bits per heavy atom. The van der Waals surface area contributed by atoms with Crippen LogP contribution in [0.25, 0.3) is 0 Å². The van der Waals surface area contributed by atoms with Gasteiger partial charge in [0.15, 0.2) is 6.10 Å². The van der Waals surface area contributed by atoms with Crippen LogP contribution in [-0.4, -0.2) is 12.0 Å². The molecule has 3 nitrogen and oxygen atoms in total. The zero-order chi connectivity index (χ0) is 15.2. The zero-order valence-electron chi connectivity index (χ0n) is 12.7. The molecule has 0 radical (unpaired) electrons. The summed E-state index contributed by atoms with van der Waals surface area (Å²) in [5.41, 5.74) is 3.00. The van der Waals surface area contributed by atoms with E-state index in [1.807, 2.05) is 55.5 Å². The third-order valence-corrected chi connectivity index (χ3v) is 3.31. The Hall–Kier alpha value is -2.29. The van der Waals surface area contributed by atoms with Crippen LogP contribution < -0.4 is 10.1 Å². The summed E-state index contributed by atoms with van der Waals surface area (Å²) in [6.07, 6.45) is 0.334. The van der Waals surface area contributed by atoms with Gasteiger partial charge in [-0.25, -0.2) is 0 Å². The van der Waals surface area contributed by atoms with E-state index in [4.69, 9.17) is 4.74 Å². The van der Waals surface area contributed by atoms with Crippen molar-refractivity contribution in [2.24, 2.45) is 0 Å². The maximum Gasteiger partial charge on any atom is 0.265 e. The van der Waals surface area contributed by atoms with E-state index >= 15 is 0 Å². The first kappa shape index (κ1) is 15.1. The number of para-hydroxylation sites is 1. The molecule has 0 heterocycles. The summed E-state index contributed by atoms with van der Waals surface area (Å²) in [6, 6.07) is 15.5. The second-order valence-electron chi connectivity index (χ2n) is 5.08. The highest BCUT2D eigenvalue weighted by atomic mass is 16.5. The number of carbonyl (C=O) groups excluding carboxylic acids is 1. The van der Waals surface area contributed by atoms with E-state index in [1.165, 1.54) is 0 Å². The van der Waals surface area contributed by atoms with Crippen molar-refractivity contribution in [3.8, 4) is 5.75 Å². The highest BCUT2D eigenvalue weighted by Gasteiger charge is 2.16. The van der Waals surface area contributed by atoms with Gasteiger partial charge in [-0.05, 0) is 49.6 Å². The lowest BCUT2D eigenvalue weighted by atomic mass is 10.1. The molecule has 0 unspecified atom stereocenters. The molecule has 0 aromatic heterocycles. The largest absolute Gasteiger partial charge is 0.481 e. The van der Waals surface area contributed by atoms with Crippen molar-refractivity contribution in [3.05, 3.63) is 59.7 Å². The van der Waals surface area contributed by atoms with Crippen molar-refractivity contribution in [1.29, 1.82) is 0 Å². The number of carbonyl (C=O) groups is 1. The Kier molecular flexibility index (Phi) is 4.99. The van der Waals surface area contributed by atoms with Crippen molar-refractivity contribution in [1.82, 2.24) is 0 Å². The first-order valence-electron chi connectivity index (χ1n) is 7.22. The summed E-state index contributed by atoms with van der Waals surface area (Å²) in [5, 5.41) is 2.88. The summed E-state index contributed by atoms with van der Waals surface area (Å²) >= 11 is 0. The van der Waals surface area contributed by atoms with Gasteiger partial charge in [-0.2, -0.15) is 0 Å². The molecule has 2 aromatic carbocycles. The fourth-order valence-corrected chi connectivity index (χ4v) is 2.12. The smallest absolute Gasteiger partial charge is 0.265 e. The van der Waals surface area contributed by atoms with Gasteiger partial charge in [0.2, 0.25) is 0 Å². The lowest BCUT2D eigenvalue weighted by Crippen LogP contribution is -2.30. The standard InChI is InChI=1S/C18H21NO2/c1-4-15-9-5-6-11-17(15)21-14(3)18(20)19-16-10-7-8-13(2)12-16/h5-12,14H,4H2,1-3H3,(H,19,20)/t14-/m1/s1. The maximum absolute atomic E-state index is 12.2. The topological polar surface area (TPSA) is 38.3 Å². The van der Waals surface area contributed by atoms with Gasteiger partial charge >= 0.3 is 0 Å². The van der Waals surface area contributed by atoms with Crippen molar-refractivity contribution in [2.45, 2.75) is 33.3 Å². The number of benzene rings is 2. The average Bonchev–Trinajstić information content (AvgIpc) is 2.47. The minimum Gasteiger partial charge on any atom is -0.481 e. The summed E-state index contributed by atoms with van der Waals surface area (Å²) in [6.45, 7) is 5.82. The Balaban J connectivity index is 2.02. The number of anilines is 1. The summed E-state index contributed by atoms with van der Waals surface area (Å²) in [5.74, 6) is 0.624. The van der Waals surface area contributed by atoms with Gasteiger partial charge in [0.25, 0.3) is 5.91 Å². The van der Waals surface area contributed by atoms with E-state index in [0.717, 1.165) is 29.0 Å². The Morgan fingerprint density at radius 1 is 1.19 bits per heavy atom. The summed E-state index contributed by atoms with van der Waals surface area (Å²) in [7, 11) is 0. The molecule has 2 rings (SSSR count). The Morgan fingerprint density at radius 2 is 1.95 bits per heavy atom. The Labute approximate surface area is 126 Å². The van der Waals surface area contributed by atoms with E-state index in [2.05, 4.69) is 12.2 Å². The van der Waals surface area contributed by atoms with E-state index in [-0.39, 0.29) is 5.91 Å². The average molecular weight is 283 g/mol. The van der Waals surface area contributed by atoms with E-state index < -0.39 is 6.10 Å². The van der Waals surface area contributed by atoms with Crippen LogP contribution in [-0.2, 0) is 11.2 Å². The molecule has 3 heteroatoms. The third-order valence-electron chi connectivity index (χ3n) is 3.31. The molecule has 0 spiro atoms. The predicted molar refractivity (Wildman–Crippen MR) is 85.7 cm³/mol. The van der Waals surface area contributed by atoms with Gasteiger partial charge in [-0.1, -0.05) is 37.3 Å². The zero-order valence-corrected chi connectivity index (χ0v) is 12.7. The molecule has 0 bridgehead atoms. The number of nitrogens with one attached hydrogen (secondary N) is 1. The van der Waals surface area contributed by atoms with Crippen LogP contribution in [0.4, 0.5) is 5.69 Å². The maximum atomic E-state index is 12.2. The van der Waals surface area contributed by atoms with Crippen LogP contribution in [0.5, 0.6) is 5.75 Å². The van der Waals surface area contributed by atoms with Crippen LogP contribution in [0, 0.1) is 6.92 Å². The van der Waals surface area contributed by atoms with Crippen LogP contribution >= 0.6 is 0 Å². The molecule has 0 saturated heterocycles. The third kappa shape index (κ3) is 4.09. The van der Waals surface area contributed by atoms with Gasteiger partial charge in [0.1, 0.15) is 5.75 Å². The van der Waals surface area contributed by atoms with Gasteiger partial charge < -0.3 is 10.1 Å².